The lowest BCUT2D eigenvalue weighted by Gasteiger charge is -2.59. The van der Waals surface area contributed by atoms with E-state index in [1.165, 1.54) is 32.1 Å². The van der Waals surface area contributed by atoms with Crippen LogP contribution in [0.15, 0.2) is 0 Å². The highest BCUT2D eigenvalue weighted by Gasteiger charge is 2.55. The van der Waals surface area contributed by atoms with Gasteiger partial charge in [0.25, 0.3) is 0 Å². The number of rotatable bonds is 7. The normalized spacial score (nSPS) is 35.7. The van der Waals surface area contributed by atoms with Gasteiger partial charge in [-0.15, -0.1) is 0 Å². The minimum absolute atomic E-state index is 0.0926. The van der Waals surface area contributed by atoms with Gasteiger partial charge in [-0.1, -0.05) is 123 Å². The number of hydrogen-bond donors (Lipinski definition) is 2. The van der Waals surface area contributed by atoms with Crippen molar-refractivity contribution in [3.63, 3.8) is 0 Å². The quantitative estimate of drug-likeness (QED) is 0.319. The van der Waals surface area contributed by atoms with Gasteiger partial charge in [0.05, 0.1) is 12.2 Å². The fourth-order valence-electron chi connectivity index (χ4n) is 8.75. The lowest BCUT2D eigenvalue weighted by Crippen LogP contribution is -2.55. The van der Waals surface area contributed by atoms with Gasteiger partial charge in [0.1, 0.15) is 0 Å². The second kappa shape index (κ2) is 12.0. The molecule has 2 aliphatic rings. The zero-order chi connectivity index (χ0) is 29.5. The molecule has 2 rings (SSSR count). The monoisotopic (exact) mass is 535 g/mol. The van der Waals surface area contributed by atoms with Crippen molar-refractivity contribution >= 4 is 0 Å². The molecule has 2 heteroatoms. The summed E-state index contributed by atoms with van der Waals surface area (Å²) in [6, 6.07) is 0. The third kappa shape index (κ3) is 7.80. The highest BCUT2D eigenvalue weighted by Crippen LogP contribution is 2.61. The summed E-state index contributed by atoms with van der Waals surface area (Å²) in [5.41, 5.74) is 0.601. The van der Waals surface area contributed by atoms with Crippen LogP contribution >= 0.6 is 0 Å². The van der Waals surface area contributed by atoms with E-state index < -0.39 is 0 Å². The number of unbranched alkanes of at least 4 members (excludes halogenated alkanes) is 3. The summed E-state index contributed by atoms with van der Waals surface area (Å²) >= 11 is 0. The molecule has 0 amide bonds. The van der Waals surface area contributed by atoms with E-state index in [1.54, 1.807) is 0 Å². The molecule has 2 nitrogen and oxygen atoms in total. The van der Waals surface area contributed by atoms with E-state index in [0.717, 1.165) is 25.7 Å². The lowest BCUT2D eigenvalue weighted by atomic mass is 9.47. The molecule has 2 N–H and O–H groups in total. The molecule has 0 bridgehead atoms. The Kier molecular flexibility index (Phi) is 10.8. The van der Waals surface area contributed by atoms with Crippen molar-refractivity contribution in [2.24, 2.45) is 62.6 Å². The van der Waals surface area contributed by atoms with Crippen LogP contribution in [-0.2, 0) is 0 Å². The molecular formula is C36H70O2. The average Bonchev–Trinajstić information content (AvgIpc) is 2.73. The van der Waals surface area contributed by atoms with Gasteiger partial charge in [0.15, 0.2) is 0 Å². The Hall–Kier alpha value is -0.0800. The van der Waals surface area contributed by atoms with Crippen molar-refractivity contribution in [3.8, 4) is 0 Å². The molecule has 226 valence electrons. The summed E-state index contributed by atoms with van der Waals surface area (Å²) in [7, 11) is 0. The SMILES string of the molecule is CCCCCCC(C)(C1CC(C(C)(C)C)C(O)C(C(C)(C)C)C1)C1CC(C(C)(C)C)C(O)C(C(C)(C)C)C1. The van der Waals surface area contributed by atoms with Gasteiger partial charge >= 0.3 is 0 Å². The van der Waals surface area contributed by atoms with Crippen molar-refractivity contribution in [2.75, 3.05) is 0 Å². The second-order valence-corrected chi connectivity index (χ2v) is 18.5. The van der Waals surface area contributed by atoms with Gasteiger partial charge < -0.3 is 10.2 Å². The molecule has 2 saturated carbocycles. The molecule has 0 saturated heterocycles. The van der Waals surface area contributed by atoms with Crippen LogP contribution in [0, 0.1) is 62.6 Å². The van der Waals surface area contributed by atoms with E-state index in [4.69, 9.17) is 0 Å². The number of hydrogen-bond acceptors (Lipinski definition) is 2. The van der Waals surface area contributed by atoms with Crippen LogP contribution in [-0.4, -0.2) is 22.4 Å². The Morgan fingerprint density at radius 1 is 0.474 bits per heavy atom. The van der Waals surface area contributed by atoms with Gasteiger partial charge in [-0.2, -0.15) is 0 Å². The lowest BCUT2D eigenvalue weighted by molar-refractivity contribution is -0.143. The van der Waals surface area contributed by atoms with Crippen molar-refractivity contribution in [2.45, 2.75) is 167 Å². The first-order valence-electron chi connectivity index (χ1n) is 16.4. The molecule has 0 aromatic carbocycles. The standard InChI is InChI=1S/C36H70O2/c1-15-16-17-18-19-36(14,24-20-26(32(2,3)4)30(37)27(21-24)33(5,6)7)25-22-28(34(8,9)10)31(38)29(23-25)35(11,12)13/h24-31,37-38H,15-23H2,1-14H3. The van der Waals surface area contributed by atoms with E-state index in [0.29, 0.717) is 35.5 Å². The van der Waals surface area contributed by atoms with E-state index in [9.17, 15) is 10.2 Å². The second-order valence-electron chi connectivity index (χ2n) is 18.5. The zero-order valence-corrected chi connectivity index (χ0v) is 28.4. The van der Waals surface area contributed by atoms with Gasteiger partial charge in [0.2, 0.25) is 0 Å². The highest BCUT2D eigenvalue weighted by molar-refractivity contribution is 5.05. The fourth-order valence-corrected chi connectivity index (χ4v) is 8.75. The first-order chi connectivity index (χ1) is 17.0. The molecule has 0 aromatic heterocycles. The zero-order valence-electron chi connectivity index (χ0n) is 28.4. The van der Waals surface area contributed by atoms with Crippen LogP contribution in [0.25, 0.3) is 0 Å². The van der Waals surface area contributed by atoms with Gasteiger partial charge in [-0.25, -0.2) is 0 Å². The van der Waals surface area contributed by atoms with Crippen LogP contribution in [0.2, 0.25) is 0 Å². The summed E-state index contributed by atoms with van der Waals surface area (Å²) in [5, 5.41) is 23.5. The molecule has 0 heterocycles. The van der Waals surface area contributed by atoms with Crippen molar-refractivity contribution in [1.82, 2.24) is 0 Å². The van der Waals surface area contributed by atoms with E-state index in [-0.39, 0.29) is 39.3 Å². The summed E-state index contributed by atoms with van der Waals surface area (Å²) in [5.74, 6) is 2.53. The predicted molar refractivity (Wildman–Crippen MR) is 166 cm³/mol. The summed E-state index contributed by atoms with van der Waals surface area (Å²) in [6.45, 7) is 33.2. The van der Waals surface area contributed by atoms with Gasteiger partial charge in [-0.3, -0.25) is 0 Å². The first-order valence-corrected chi connectivity index (χ1v) is 16.4. The highest BCUT2D eigenvalue weighted by atomic mass is 16.3. The molecule has 0 aliphatic heterocycles. The Morgan fingerprint density at radius 3 is 1.00 bits per heavy atom. The molecule has 2 fully saturated rings. The maximum Gasteiger partial charge on any atom is 0.0606 e. The van der Waals surface area contributed by atoms with Crippen molar-refractivity contribution in [3.05, 3.63) is 0 Å². The molecule has 0 spiro atoms. The predicted octanol–water partition coefficient (Wildman–Crippen LogP) is 10.2. The Balaban J connectivity index is 2.60. The maximum atomic E-state index is 11.7. The van der Waals surface area contributed by atoms with E-state index in [2.05, 4.69) is 96.9 Å². The molecule has 4 atom stereocenters. The fraction of sp³-hybridized carbons (Fsp3) is 1.00. The smallest absolute Gasteiger partial charge is 0.0606 e. The van der Waals surface area contributed by atoms with E-state index in [1.807, 2.05) is 0 Å². The summed E-state index contributed by atoms with van der Waals surface area (Å²) in [6.07, 6.45) is 10.6. The number of aliphatic hydroxyl groups is 2. The van der Waals surface area contributed by atoms with Crippen molar-refractivity contribution < 1.29 is 10.2 Å². The summed E-state index contributed by atoms with van der Waals surface area (Å²) < 4.78 is 0. The topological polar surface area (TPSA) is 40.5 Å². The minimum atomic E-state index is -0.228. The molecule has 0 radical (unpaired) electrons. The molecule has 2 aliphatic carbocycles. The third-order valence-corrected chi connectivity index (χ3v) is 11.7. The Labute approximate surface area is 239 Å². The summed E-state index contributed by atoms with van der Waals surface area (Å²) in [4.78, 5) is 0. The van der Waals surface area contributed by atoms with Gasteiger partial charge in [0, 0.05) is 0 Å². The van der Waals surface area contributed by atoms with Crippen LogP contribution in [0.4, 0.5) is 0 Å². The van der Waals surface area contributed by atoms with Crippen LogP contribution < -0.4 is 0 Å². The Bertz CT molecular complexity index is 622. The maximum absolute atomic E-state index is 11.7. The van der Waals surface area contributed by atoms with E-state index >= 15 is 0 Å². The minimum Gasteiger partial charge on any atom is -0.393 e. The third-order valence-electron chi connectivity index (χ3n) is 11.7. The van der Waals surface area contributed by atoms with Crippen LogP contribution in [0.3, 0.4) is 0 Å². The van der Waals surface area contributed by atoms with Gasteiger partial charge in [-0.05, 0) is 94.7 Å². The average molecular weight is 535 g/mol. The molecular weight excluding hydrogens is 464 g/mol. The molecule has 4 unspecified atom stereocenters. The van der Waals surface area contributed by atoms with Crippen LogP contribution in [0.1, 0.15) is 155 Å². The molecule has 38 heavy (non-hydrogen) atoms. The Morgan fingerprint density at radius 2 is 0.763 bits per heavy atom. The molecule has 0 aromatic rings. The number of aliphatic hydroxyl groups excluding tert-OH is 2. The largest absolute Gasteiger partial charge is 0.393 e. The first kappa shape index (κ1) is 34.1. The van der Waals surface area contributed by atoms with Crippen molar-refractivity contribution in [1.29, 1.82) is 0 Å². The van der Waals surface area contributed by atoms with Crippen LogP contribution in [0.5, 0.6) is 0 Å².